The first kappa shape index (κ1) is 14.4. The van der Waals surface area contributed by atoms with E-state index in [-0.39, 0.29) is 5.82 Å². The summed E-state index contributed by atoms with van der Waals surface area (Å²) in [7, 11) is 0. The Kier molecular flexibility index (Phi) is 3.71. The summed E-state index contributed by atoms with van der Waals surface area (Å²) in [5.41, 5.74) is -1.46. The maximum absolute atomic E-state index is 13.7. The third-order valence-corrected chi connectivity index (χ3v) is 2.92. The lowest BCUT2D eigenvalue weighted by molar-refractivity contribution is 0.0902. The van der Waals surface area contributed by atoms with Crippen LogP contribution in [0.15, 0.2) is 23.0 Å². The second kappa shape index (κ2) is 5.16. The van der Waals surface area contributed by atoms with Crippen LogP contribution < -0.4 is 5.32 Å². The molecule has 5 nitrogen and oxygen atoms in total. The Hall–Kier alpha value is -2.02. The predicted molar refractivity (Wildman–Crippen MR) is 66.2 cm³/mol. The first-order valence-corrected chi connectivity index (χ1v) is 5.93. The molecule has 0 unspecified atom stereocenters. The normalized spacial score (nSPS) is 11.4. The first-order valence-electron chi connectivity index (χ1n) is 5.56. The molecule has 0 atom stereocenters. The van der Waals surface area contributed by atoms with Gasteiger partial charge in [0.2, 0.25) is 6.39 Å². The van der Waals surface area contributed by atoms with E-state index in [4.69, 9.17) is 11.6 Å². The molecule has 1 aromatic heterocycles. The number of hydrogen-bond acceptors (Lipinski definition) is 4. The van der Waals surface area contributed by atoms with Crippen molar-refractivity contribution in [3.63, 3.8) is 0 Å². The zero-order valence-corrected chi connectivity index (χ0v) is 11.3. The fraction of sp³-hybridized carbons (Fsp3) is 0.250. The van der Waals surface area contributed by atoms with E-state index in [0.29, 0.717) is 0 Å². The Morgan fingerprint density at radius 2 is 2.05 bits per heavy atom. The molecule has 1 amide bonds. The number of halogens is 3. The predicted octanol–water partition coefficient (Wildman–Crippen LogP) is 2.67. The number of aromatic nitrogens is 2. The molecule has 20 heavy (non-hydrogen) atoms. The van der Waals surface area contributed by atoms with Gasteiger partial charge in [0, 0.05) is 0 Å². The average Bonchev–Trinajstić information content (AvgIpc) is 2.90. The van der Waals surface area contributed by atoms with Crippen LogP contribution in [0.25, 0.3) is 0 Å². The molecule has 0 aliphatic carbocycles. The number of benzene rings is 1. The van der Waals surface area contributed by atoms with E-state index < -0.39 is 33.7 Å². The van der Waals surface area contributed by atoms with Gasteiger partial charge < -0.3 is 9.84 Å². The molecule has 106 valence electrons. The van der Waals surface area contributed by atoms with E-state index in [0.717, 1.165) is 18.5 Å². The van der Waals surface area contributed by atoms with Crippen molar-refractivity contribution in [1.29, 1.82) is 0 Å². The monoisotopic (exact) mass is 301 g/mol. The molecule has 0 spiro atoms. The highest BCUT2D eigenvalue weighted by Crippen LogP contribution is 2.22. The van der Waals surface area contributed by atoms with Crippen LogP contribution in [0.1, 0.15) is 30.0 Å². The highest BCUT2D eigenvalue weighted by Gasteiger charge is 2.29. The van der Waals surface area contributed by atoms with Gasteiger partial charge in [0.1, 0.15) is 0 Å². The van der Waals surface area contributed by atoms with Crippen molar-refractivity contribution < 1.29 is 18.1 Å². The molecule has 0 aliphatic rings. The first-order chi connectivity index (χ1) is 9.33. The number of rotatable bonds is 3. The Morgan fingerprint density at radius 1 is 1.35 bits per heavy atom. The Balaban J connectivity index is 2.27. The van der Waals surface area contributed by atoms with Gasteiger partial charge >= 0.3 is 0 Å². The number of amides is 1. The second-order valence-corrected chi connectivity index (χ2v) is 4.96. The largest absolute Gasteiger partial charge is 0.343 e. The molecule has 0 radical (unpaired) electrons. The van der Waals surface area contributed by atoms with Crippen LogP contribution in [0.2, 0.25) is 5.02 Å². The maximum atomic E-state index is 13.7. The van der Waals surface area contributed by atoms with Gasteiger partial charge in [-0.25, -0.2) is 8.78 Å². The van der Waals surface area contributed by atoms with E-state index in [1.165, 1.54) is 0 Å². The minimum Gasteiger partial charge on any atom is -0.343 e. The van der Waals surface area contributed by atoms with Crippen molar-refractivity contribution in [2.45, 2.75) is 19.4 Å². The summed E-state index contributed by atoms with van der Waals surface area (Å²) in [6, 6.07) is 2.21. The third-order valence-electron chi connectivity index (χ3n) is 2.63. The summed E-state index contributed by atoms with van der Waals surface area (Å²) < 4.78 is 31.6. The Labute approximate surface area is 117 Å². The van der Waals surface area contributed by atoms with Crippen molar-refractivity contribution in [2.24, 2.45) is 0 Å². The van der Waals surface area contributed by atoms with E-state index >= 15 is 0 Å². The smallest absolute Gasteiger partial charge is 0.255 e. The molecule has 0 saturated carbocycles. The molecule has 1 heterocycles. The van der Waals surface area contributed by atoms with Gasteiger partial charge in [-0.15, -0.1) is 0 Å². The summed E-state index contributed by atoms with van der Waals surface area (Å²) in [5, 5.41) is 5.70. The lowest BCUT2D eigenvalue weighted by Gasteiger charge is -2.22. The van der Waals surface area contributed by atoms with Crippen LogP contribution in [0.4, 0.5) is 8.78 Å². The summed E-state index contributed by atoms with van der Waals surface area (Å²) in [6.45, 7) is 3.19. The lowest BCUT2D eigenvalue weighted by atomic mass is 10.0. The van der Waals surface area contributed by atoms with Gasteiger partial charge in [0.05, 0.1) is 16.1 Å². The van der Waals surface area contributed by atoms with Gasteiger partial charge in [0.25, 0.3) is 5.91 Å². The minimum absolute atomic E-state index is 0.209. The van der Waals surface area contributed by atoms with Crippen LogP contribution >= 0.6 is 11.6 Å². The third kappa shape index (κ3) is 2.62. The van der Waals surface area contributed by atoms with Crippen molar-refractivity contribution in [2.75, 3.05) is 0 Å². The van der Waals surface area contributed by atoms with Crippen molar-refractivity contribution >= 4 is 17.5 Å². The van der Waals surface area contributed by atoms with Crippen LogP contribution in [0.5, 0.6) is 0 Å². The Morgan fingerprint density at radius 3 is 2.65 bits per heavy atom. The standard InChI is InChI=1S/C12H10ClF2N3O2/c1-12(2,11-16-5-20-18-11)17-10(19)6-3-4-7(13)9(15)8(6)14/h3-5H,1-2H3,(H,17,19). The summed E-state index contributed by atoms with van der Waals surface area (Å²) in [5.74, 6) is -3.18. The lowest BCUT2D eigenvalue weighted by Crippen LogP contribution is -2.42. The van der Waals surface area contributed by atoms with Crippen molar-refractivity contribution in [3.8, 4) is 0 Å². The van der Waals surface area contributed by atoms with Gasteiger partial charge in [-0.05, 0) is 26.0 Å². The van der Waals surface area contributed by atoms with Gasteiger partial charge in [-0.1, -0.05) is 16.8 Å². The highest BCUT2D eigenvalue weighted by molar-refractivity contribution is 6.30. The molecule has 1 N–H and O–H groups in total. The molecule has 2 rings (SSSR count). The molecule has 1 aromatic carbocycles. The summed E-state index contributed by atoms with van der Waals surface area (Å²) >= 11 is 5.43. The van der Waals surface area contributed by atoms with E-state index in [9.17, 15) is 13.6 Å². The Bertz CT molecular complexity index is 644. The number of nitrogens with zero attached hydrogens (tertiary/aromatic N) is 2. The number of hydrogen-bond donors (Lipinski definition) is 1. The van der Waals surface area contributed by atoms with Crippen molar-refractivity contribution in [1.82, 2.24) is 15.5 Å². The van der Waals surface area contributed by atoms with Gasteiger partial charge in [0.15, 0.2) is 17.5 Å². The summed E-state index contributed by atoms with van der Waals surface area (Å²) in [4.78, 5) is 15.8. The quantitative estimate of drug-likeness (QED) is 0.885. The average molecular weight is 302 g/mol. The topological polar surface area (TPSA) is 68.0 Å². The fourth-order valence-electron chi connectivity index (χ4n) is 1.55. The highest BCUT2D eigenvalue weighted by atomic mass is 35.5. The van der Waals surface area contributed by atoms with Gasteiger partial charge in [-0.3, -0.25) is 4.79 Å². The van der Waals surface area contributed by atoms with E-state index in [2.05, 4.69) is 20.0 Å². The minimum atomic E-state index is -1.31. The SMILES string of the molecule is CC(C)(NC(=O)c1ccc(Cl)c(F)c1F)c1ncon1. The maximum Gasteiger partial charge on any atom is 0.255 e. The number of carbonyl (C=O) groups is 1. The molecule has 0 aliphatic heterocycles. The molecular weight excluding hydrogens is 292 g/mol. The second-order valence-electron chi connectivity index (χ2n) is 4.56. The molecule has 0 saturated heterocycles. The molecular formula is C12H10ClF2N3O2. The van der Waals surface area contributed by atoms with Crippen LogP contribution in [-0.2, 0) is 5.54 Å². The van der Waals surface area contributed by atoms with Crippen molar-refractivity contribution in [3.05, 3.63) is 46.6 Å². The zero-order valence-electron chi connectivity index (χ0n) is 10.6. The zero-order chi connectivity index (χ0) is 14.9. The van der Waals surface area contributed by atoms with E-state index in [1.54, 1.807) is 13.8 Å². The van der Waals surface area contributed by atoms with Crippen LogP contribution in [-0.4, -0.2) is 16.0 Å². The molecule has 0 fully saturated rings. The summed E-state index contributed by atoms with van der Waals surface area (Å²) in [6.07, 6.45) is 1.10. The molecule has 0 bridgehead atoms. The molecule has 2 aromatic rings. The van der Waals surface area contributed by atoms with Crippen LogP contribution in [0.3, 0.4) is 0 Å². The molecule has 8 heteroatoms. The fourth-order valence-corrected chi connectivity index (χ4v) is 1.70. The van der Waals surface area contributed by atoms with Crippen LogP contribution in [0, 0.1) is 11.6 Å². The number of nitrogens with one attached hydrogen (secondary N) is 1. The number of carbonyl (C=O) groups excluding carboxylic acids is 1. The van der Waals surface area contributed by atoms with Gasteiger partial charge in [-0.2, -0.15) is 4.98 Å². The van der Waals surface area contributed by atoms with E-state index in [1.807, 2.05) is 0 Å².